The first-order valence-corrected chi connectivity index (χ1v) is 32.7. The Morgan fingerprint density at radius 1 is 0.383 bits per heavy atom. The third kappa shape index (κ3) is 63.1. The maximum Gasteiger partial charge on any atom is 0.306 e. The van der Waals surface area contributed by atoms with Gasteiger partial charge in [-0.2, -0.15) is 0 Å². The first-order valence-electron chi connectivity index (χ1n) is 32.7. The molecule has 9 nitrogen and oxygen atoms in total. The highest BCUT2D eigenvalue weighted by molar-refractivity contribution is 5.70. The van der Waals surface area contributed by atoms with Crippen LogP contribution in [0.15, 0.2) is 122 Å². The Balaban J connectivity index is 4.18. The summed E-state index contributed by atoms with van der Waals surface area (Å²) < 4.78 is 22.7. The SMILES string of the molecule is CC/C=C\C/C=C\C/C=C\C/C=C\C/C=C\C/C=C\C/C=C\C/C=C\C/C=C\C/C=C\CCCCCCCCCCC(=O)OC(COC(=O)CCCCCCCCCCCCCCCCCCC)COC(OCC[N+](C)(C)C)C(=O)[O-]. The van der Waals surface area contributed by atoms with E-state index in [1.807, 2.05) is 21.1 Å². The van der Waals surface area contributed by atoms with Crippen molar-refractivity contribution in [3.63, 3.8) is 0 Å². The van der Waals surface area contributed by atoms with E-state index in [1.165, 1.54) is 116 Å². The number of carbonyl (C=O) groups excluding carboxylic acids is 3. The van der Waals surface area contributed by atoms with Gasteiger partial charge in [-0.15, -0.1) is 0 Å². The Labute approximate surface area is 497 Å². The number of quaternary nitrogens is 1. The van der Waals surface area contributed by atoms with Gasteiger partial charge < -0.3 is 33.3 Å². The van der Waals surface area contributed by atoms with Crippen LogP contribution >= 0.6 is 0 Å². The van der Waals surface area contributed by atoms with Crippen LogP contribution in [0.25, 0.3) is 0 Å². The maximum absolute atomic E-state index is 12.9. The zero-order valence-corrected chi connectivity index (χ0v) is 52.6. The van der Waals surface area contributed by atoms with Crippen LogP contribution in [0.1, 0.15) is 258 Å². The van der Waals surface area contributed by atoms with Gasteiger partial charge in [-0.3, -0.25) is 9.59 Å². The first-order chi connectivity index (χ1) is 39.6. The zero-order valence-electron chi connectivity index (χ0n) is 52.6. The molecule has 0 rings (SSSR count). The first kappa shape index (κ1) is 76.7. The molecular weight excluding hydrogens is 1010 g/mol. The van der Waals surface area contributed by atoms with Gasteiger partial charge in [-0.05, 0) is 89.9 Å². The number of esters is 2. The van der Waals surface area contributed by atoms with E-state index in [0.717, 1.165) is 109 Å². The molecule has 0 bridgehead atoms. The summed E-state index contributed by atoms with van der Waals surface area (Å²) in [5, 5.41) is 11.8. The minimum atomic E-state index is -1.63. The molecule has 0 aliphatic heterocycles. The Morgan fingerprint density at radius 2 is 0.704 bits per heavy atom. The van der Waals surface area contributed by atoms with Crippen LogP contribution in [0.2, 0.25) is 0 Å². The molecule has 0 radical (unpaired) electrons. The van der Waals surface area contributed by atoms with E-state index in [1.54, 1.807) is 0 Å². The molecule has 81 heavy (non-hydrogen) atoms. The largest absolute Gasteiger partial charge is 0.545 e. The van der Waals surface area contributed by atoms with Gasteiger partial charge in [0.2, 0.25) is 0 Å². The predicted octanol–water partition coefficient (Wildman–Crippen LogP) is 18.7. The molecule has 9 heteroatoms. The number of carboxylic acid groups (broad SMARTS) is 1. The zero-order chi connectivity index (χ0) is 59.1. The molecular formula is C72H121NO8. The molecule has 0 amide bonds. The number of hydrogen-bond donors (Lipinski definition) is 0. The van der Waals surface area contributed by atoms with E-state index in [9.17, 15) is 19.5 Å². The summed E-state index contributed by atoms with van der Waals surface area (Å²) in [6, 6.07) is 0. The van der Waals surface area contributed by atoms with Crippen molar-refractivity contribution in [1.29, 1.82) is 0 Å². The Bertz CT molecular complexity index is 1740. The van der Waals surface area contributed by atoms with Crippen molar-refractivity contribution < 1.29 is 42.9 Å². The second-order valence-electron chi connectivity index (χ2n) is 22.7. The highest BCUT2D eigenvalue weighted by atomic mass is 16.7. The van der Waals surface area contributed by atoms with Crippen LogP contribution in [-0.2, 0) is 33.3 Å². The molecule has 0 spiro atoms. The number of hydrogen-bond acceptors (Lipinski definition) is 8. The lowest BCUT2D eigenvalue weighted by Crippen LogP contribution is -2.44. The lowest BCUT2D eigenvalue weighted by atomic mass is 10.0. The molecule has 2 unspecified atom stereocenters. The van der Waals surface area contributed by atoms with Gasteiger partial charge in [0.25, 0.3) is 0 Å². The number of carbonyl (C=O) groups is 3. The number of allylic oxidation sites excluding steroid dienone is 20. The van der Waals surface area contributed by atoms with Crippen molar-refractivity contribution in [2.45, 2.75) is 270 Å². The summed E-state index contributed by atoms with van der Waals surface area (Å²) in [7, 11) is 5.92. The standard InChI is InChI=1S/C72H121NO8/c1-6-8-10-12-14-16-18-20-22-24-25-26-27-28-29-30-31-32-33-34-35-36-37-38-39-40-41-42-43-44-45-47-49-51-53-55-57-59-61-63-70(75)81-68(67-80-72(71(76)77)78-65-64-73(3,4)5)66-79-69(74)62-60-58-56-54-52-50-48-46-23-21-19-17-15-13-11-9-7-2/h8,10,14,16,20,22,25-26,28-29,31-32,34-35,37-38,40-41,43-44,68,72H,6-7,9,11-13,15,17-19,21,23-24,27,30,33,36,39,42,45-67H2,1-5H3/b10-8-,16-14-,22-20-,26-25-,29-28-,32-31-,35-34-,38-37-,41-40-,44-43-. The number of carboxylic acids is 1. The normalized spacial score (nSPS) is 13.5. The summed E-state index contributed by atoms with van der Waals surface area (Å²) in [6.45, 7) is 4.63. The molecule has 462 valence electrons. The number of likely N-dealkylation sites (N-methyl/N-ethyl adjacent to an activating group) is 1. The molecule has 0 fully saturated rings. The number of aliphatic carboxylic acids is 1. The average Bonchev–Trinajstić information content (AvgIpc) is 3.44. The Morgan fingerprint density at radius 3 is 1.05 bits per heavy atom. The number of nitrogens with zero attached hydrogens (tertiary/aromatic N) is 1. The fraction of sp³-hybridized carbons (Fsp3) is 0.681. The summed E-state index contributed by atoms with van der Waals surface area (Å²) in [5.74, 6) is -2.29. The van der Waals surface area contributed by atoms with Crippen LogP contribution in [0.4, 0.5) is 0 Å². The maximum atomic E-state index is 12.9. The third-order valence-electron chi connectivity index (χ3n) is 13.7. The number of rotatable bonds is 59. The summed E-state index contributed by atoms with van der Waals surface area (Å²) in [5.41, 5.74) is 0. The second kappa shape index (κ2) is 61.8. The number of ether oxygens (including phenoxy) is 4. The van der Waals surface area contributed by atoms with Crippen LogP contribution in [0, 0.1) is 0 Å². The molecule has 0 aliphatic carbocycles. The van der Waals surface area contributed by atoms with Crippen LogP contribution in [-0.4, -0.2) is 82.3 Å². The third-order valence-corrected chi connectivity index (χ3v) is 13.7. The van der Waals surface area contributed by atoms with Crippen LogP contribution in [0.5, 0.6) is 0 Å². The lowest BCUT2D eigenvalue weighted by Gasteiger charge is -2.26. The molecule has 0 aliphatic rings. The molecule has 0 aromatic heterocycles. The molecule has 0 saturated heterocycles. The van der Waals surface area contributed by atoms with E-state index in [-0.39, 0.29) is 38.6 Å². The number of unbranched alkanes of at least 4 members (excludes halogenated alkanes) is 24. The molecule has 0 aromatic carbocycles. The smallest absolute Gasteiger partial charge is 0.306 e. The van der Waals surface area contributed by atoms with Gasteiger partial charge in [-0.25, -0.2) is 0 Å². The lowest BCUT2D eigenvalue weighted by molar-refractivity contribution is -0.870. The Hall–Kier alpha value is -4.31. The second-order valence-corrected chi connectivity index (χ2v) is 22.7. The summed E-state index contributed by atoms with van der Waals surface area (Å²) in [4.78, 5) is 37.4. The van der Waals surface area contributed by atoms with Gasteiger partial charge in [0, 0.05) is 12.8 Å². The van der Waals surface area contributed by atoms with Crippen molar-refractivity contribution >= 4 is 17.9 Å². The Kier molecular flexibility index (Phi) is 58.5. The molecule has 0 N–H and O–H groups in total. The van der Waals surface area contributed by atoms with Gasteiger partial charge in [0.05, 0.1) is 40.3 Å². The van der Waals surface area contributed by atoms with E-state index in [0.29, 0.717) is 17.4 Å². The average molecular weight is 1130 g/mol. The van der Waals surface area contributed by atoms with Crippen molar-refractivity contribution in [3.8, 4) is 0 Å². The molecule has 2 atom stereocenters. The van der Waals surface area contributed by atoms with Gasteiger partial charge in [0.15, 0.2) is 12.4 Å². The van der Waals surface area contributed by atoms with Crippen LogP contribution < -0.4 is 5.11 Å². The van der Waals surface area contributed by atoms with E-state index < -0.39 is 24.3 Å². The fourth-order valence-corrected chi connectivity index (χ4v) is 8.74. The van der Waals surface area contributed by atoms with Crippen molar-refractivity contribution in [2.75, 3.05) is 47.5 Å². The highest BCUT2D eigenvalue weighted by Crippen LogP contribution is 2.16. The topological polar surface area (TPSA) is 111 Å². The van der Waals surface area contributed by atoms with Gasteiger partial charge >= 0.3 is 11.9 Å². The quantitative estimate of drug-likeness (QED) is 0.0195. The molecule has 0 saturated carbocycles. The van der Waals surface area contributed by atoms with E-state index in [4.69, 9.17) is 18.9 Å². The molecule has 0 aromatic rings. The highest BCUT2D eigenvalue weighted by Gasteiger charge is 2.22. The monoisotopic (exact) mass is 1130 g/mol. The predicted molar refractivity (Wildman–Crippen MR) is 343 cm³/mol. The van der Waals surface area contributed by atoms with Crippen molar-refractivity contribution in [3.05, 3.63) is 122 Å². The van der Waals surface area contributed by atoms with Crippen molar-refractivity contribution in [2.24, 2.45) is 0 Å². The van der Waals surface area contributed by atoms with Gasteiger partial charge in [-0.1, -0.05) is 277 Å². The van der Waals surface area contributed by atoms with E-state index >= 15 is 0 Å². The minimum absolute atomic E-state index is 0.142. The van der Waals surface area contributed by atoms with E-state index in [2.05, 4.69) is 135 Å². The van der Waals surface area contributed by atoms with Crippen molar-refractivity contribution in [1.82, 2.24) is 0 Å². The molecule has 0 heterocycles. The fourth-order valence-electron chi connectivity index (χ4n) is 8.74. The summed E-state index contributed by atoms with van der Waals surface area (Å²) in [6.07, 6.45) is 84.0. The van der Waals surface area contributed by atoms with Gasteiger partial charge in [0.1, 0.15) is 13.2 Å². The minimum Gasteiger partial charge on any atom is -0.545 e. The summed E-state index contributed by atoms with van der Waals surface area (Å²) >= 11 is 0. The van der Waals surface area contributed by atoms with Crippen LogP contribution in [0.3, 0.4) is 0 Å².